The van der Waals surface area contributed by atoms with Crippen LogP contribution in [0.25, 0.3) is 0 Å². The molecule has 0 atom stereocenters. The topological polar surface area (TPSA) is 74.2 Å². The van der Waals surface area contributed by atoms with Gasteiger partial charge in [0.1, 0.15) is 11.5 Å². The normalized spacial score (nSPS) is 15.4. The van der Waals surface area contributed by atoms with Crippen molar-refractivity contribution >= 4 is 11.7 Å². The van der Waals surface area contributed by atoms with Gasteiger partial charge in [0.2, 0.25) is 0 Å². The summed E-state index contributed by atoms with van der Waals surface area (Å²) < 4.78 is 0. The van der Waals surface area contributed by atoms with E-state index in [0.29, 0.717) is 12.2 Å². The predicted molar refractivity (Wildman–Crippen MR) is 87.1 cm³/mol. The quantitative estimate of drug-likeness (QED) is 0.889. The SMILES string of the molecule is CN1CCN(c2cnc(C(=O)NCc3ccccn3)cn2)CC1. The van der Waals surface area contributed by atoms with E-state index in [2.05, 4.69) is 37.1 Å². The number of piperazine rings is 1. The van der Waals surface area contributed by atoms with Crippen LogP contribution in [0.4, 0.5) is 5.82 Å². The molecular weight excluding hydrogens is 292 g/mol. The Hall–Kier alpha value is -2.54. The van der Waals surface area contributed by atoms with Crippen LogP contribution in [0.1, 0.15) is 16.2 Å². The molecule has 3 heterocycles. The van der Waals surface area contributed by atoms with Crippen molar-refractivity contribution < 1.29 is 4.79 Å². The first-order chi connectivity index (χ1) is 11.2. The highest BCUT2D eigenvalue weighted by atomic mass is 16.1. The summed E-state index contributed by atoms with van der Waals surface area (Å²) in [5.74, 6) is 0.576. The largest absolute Gasteiger partial charge is 0.353 e. The molecule has 0 spiro atoms. The van der Waals surface area contributed by atoms with E-state index in [1.54, 1.807) is 12.4 Å². The number of hydrogen-bond acceptors (Lipinski definition) is 6. The molecule has 0 aliphatic carbocycles. The molecule has 1 aliphatic heterocycles. The zero-order chi connectivity index (χ0) is 16.1. The van der Waals surface area contributed by atoms with Gasteiger partial charge in [0.25, 0.3) is 5.91 Å². The van der Waals surface area contributed by atoms with Gasteiger partial charge in [-0.1, -0.05) is 6.07 Å². The van der Waals surface area contributed by atoms with Gasteiger partial charge >= 0.3 is 0 Å². The van der Waals surface area contributed by atoms with Crippen LogP contribution in [0, 0.1) is 0 Å². The molecule has 120 valence electrons. The molecule has 1 amide bonds. The Morgan fingerprint density at radius 1 is 1.13 bits per heavy atom. The second-order valence-electron chi connectivity index (χ2n) is 5.55. The standard InChI is InChI=1S/C16H20N6O/c1-21-6-8-22(9-7-21)15-12-18-14(11-19-15)16(23)20-10-13-4-2-3-5-17-13/h2-5,11-12H,6-10H2,1H3,(H,20,23). The summed E-state index contributed by atoms with van der Waals surface area (Å²) in [5, 5.41) is 2.80. The van der Waals surface area contributed by atoms with E-state index in [-0.39, 0.29) is 5.91 Å². The third-order valence-corrected chi connectivity index (χ3v) is 3.85. The molecule has 0 bridgehead atoms. The number of aromatic nitrogens is 3. The maximum Gasteiger partial charge on any atom is 0.271 e. The summed E-state index contributed by atoms with van der Waals surface area (Å²) >= 11 is 0. The molecule has 1 aliphatic rings. The average Bonchev–Trinajstić information content (AvgIpc) is 2.61. The highest BCUT2D eigenvalue weighted by Gasteiger charge is 2.16. The van der Waals surface area contributed by atoms with Gasteiger partial charge in [0.05, 0.1) is 24.6 Å². The van der Waals surface area contributed by atoms with E-state index in [1.807, 2.05) is 18.2 Å². The van der Waals surface area contributed by atoms with Crippen molar-refractivity contribution in [1.82, 2.24) is 25.2 Å². The molecule has 0 saturated carbocycles. The van der Waals surface area contributed by atoms with E-state index in [0.717, 1.165) is 37.7 Å². The minimum atomic E-state index is -0.243. The van der Waals surface area contributed by atoms with Gasteiger partial charge in [-0.05, 0) is 19.2 Å². The van der Waals surface area contributed by atoms with Gasteiger partial charge in [-0.2, -0.15) is 0 Å². The Labute approximate surface area is 135 Å². The van der Waals surface area contributed by atoms with Gasteiger partial charge in [-0.3, -0.25) is 9.78 Å². The van der Waals surface area contributed by atoms with Crippen molar-refractivity contribution in [3.8, 4) is 0 Å². The van der Waals surface area contributed by atoms with E-state index in [4.69, 9.17) is 0 Å². The van der Waals surface area contributed by atoms with Gasteiger partial charge in [0, 0.05) is 32.4 Å². The van der Waals surface area contributed by atoms with Crippen LogP contribution in [-0.4, -0.2) is 59.0 Å². The molecule has 1 N–H and O–H groups in total. The van der Waals surface area contributed by atoms with Crippen molar-refractivity contribution in [2.45, 2.75) is 6.54 Å². The number of likely N-dealkylation sites (N-methyl/N-ethyl adjacent to an activating group) is 1. The average molecular weight is 312 g/mol. The van der Waals surface area contributed by atoms with E-state index < -0.39 is 0 Å². The summed E-state index contributed by atoms with van der Waals surface area (Å²) in [5.41, 5.74) is 1.13. The zero-order valence-electron chi connectivity index (χ0n) is 13.1. The molecule has 1 saturated heterocycles. The second kappa shape index (κ2) is 7.15. The van der Waals surface area contributed by atoms with Crippen LogP contribution < -0.4 is 10.2 Å². The molecule has 0 unspecified atom stereocenters. The van der Waals surface area contributed by atoms with Gasteiger partial charge < -0.3 is 15.1 Å². The Balaban J connectivity index is 1.57. The third-order valence-electron chi connectivity index (χ3n) is 3.85. The third kappa shape index (κ3) is 4.01. The summed E-state index contributed by atoms with van der Waals surface area (Å²) in [6, 6.07) is 5.59. The van der Waals surface area contributed by atoms with Crippen molar-refractivity contribution in [3.05, 3.63) is 48.2 Å². The summed E-state index contributed by atoms with van der Waals surface area (Å²) in [6.45, 7) is 4.25. The van der Waals surface area contributed by atoms with Gasteiger partial charge in [-0.25, -0.2) is 9.97 Å². The van der Waals surface area contributed by atoms with Crippen LogP contribution in [0.3, 0.4) is 0 Å². The lowest BCUT2D eigenvalue weighted by atomic mass is 10.3. The Bertz CT molecular complexity index is 637. The van der Waals surface area contributed by atoms with Gasteiger partial charge in [0.15, 0.2) is 0 Å². The van der Waals surface area contributed by atoms with Crippen molar-refractivity contribution in [1.29, 1.82) is 0 Å². The highest BCUT2D eigenvalue weighted by Crippen LogP contribution is 2.11. The Morgan fingerprint density at radius 3 is 2.61 bits per heavy atom. The number of rotatable bonds is 4. The number of anilines is 1. The number of carbonyl (C=O) groups excluding carboxylic acids is 1. The minimum Gasteiger partial charge on any atom is -0.353 e. The smallest absolute Gasteiger partial charge is 0.271 e. The monoisotopic (exact) mass is 312 g/mol. The molecule has 23 heavy (non-hydrogen) atoms. The van der Waals surface area contributed by atoms with Crippen LogP contribution in [0.5, 0.6) is 0 Å². The number of pyridine rings is 1. The summed E-state index contributed by atoms with van der Waals surface area (Å²) in [7, 11) is 2.11. The summed E-state index contributed by atoms with van der Waals surface area (Å²) in [4.78, 5) is 29.3. The maximum absolute atomic E-state index is 12.1. The maximum atomic E-state index is 12.1. The molecular formula is C16H20N6O. The van der Waals surface area contributed by atoms with E-state index in [9.17, 15) is 4.79 Å². The molecule has 7 nitrogen and oxygen atoms in total. The van der Waals surface area contributed by atoms with Crippen LogP contribution in [0.15, 0.2) is 36.8 Å². The molecule has 0 radical (unpaired) electrons. The summed E-state index contributed by atoms with van der Waals surface area (Å²) in [6.07, 6.45) is 4.90. The first-order valence-electron chi connectivity index (χ1n) is 7.66. The molecule has 7 heteroatoms. The van der Waals surface area contributed by atoms with E-state index in [1.165, 1.54) is 6.20 Å². The Kier molecular flexibility index (Phi) is 4.77. The lowest BCUT2D eigenvalue weighted by molar-refractivity contribution is 0.0945. The lowest BCUT2D eigenvalue weighted by Gasteiger charge is -2.32. The van der Waals surface area contributed by atoms with Crippen LogP contribution in [0.2, 0.25) is 0 Å². The predicted octanol–water partition coefficient (Wildman–Crippen LogP) is 0.553. The number of hydrogen-bond donors (Lipinski definition) is 1. The fourth-order valence-electron chi connectivity index (χ4n) is 2.40. The first kappa shape index (κ1) is 15.4. The first-order valence-corrected chi connectivity index (χ1v) is 7.66. The molecule has 2 aromatic heterocycles. The number of amides is 1. The molecule has 2 aromatic rings. The zero-order valence-corrected chi connectivity index (χ0v) is 13.1. The van der Waals surface area contributed by atoms with Crippen molar-refractivity contribution in [2.24, 2.45) is 0 Å². The minimum absolute atomic E-state index is 0.243. The fraction of sp³-hybridized carbons (Fsp3) is 0.375. The lowest BCUT2D eigenvalue weighted by Crippen LogP contribution is -2.44. The van der Waals surface area contributed by atoms with Crippen molar-refractivity contribution in [3.63, 3.8) is 0 Å². The Morgan fingerprint density at radius 2 is 1.96 bits per heavy atom. The van der Waals surface area contributed by atoms with Crippen molar-refractivity contribution in [2.75, 3.05) is 38.1 Å². The van der Waals surface area contributed by atoms with Crippen LogP contribution in [-0.2, 0) is 6.54 Å². The molecule has 0 aromatic carbocycles. The molecule has 1 fully saturated rings. The van der Waals surface area contributed by atoms with E-state index >= 15 is 0 Å². The van der Waals surface area contributed by atoms with Crippen LogP contribution >= 0.6 is 0 Å². The second-order valence-corrected chi connectivity index (χ2v) is 5.55. The fourth-order valence-corrected chi connectivity index (χ4v) is 2.40. The number of nitrogens with one attached hydrogen (secondary N) is 1. The number of carbonyl (C=O) groups is 1. The number of nitrogens with zero attached hydrogens (tertiary/aromatic N) is 5. The van der Waals surface area contributed by atoms with Gasteiger partial charge in [-0.15, -0.1) is 0 Å². The highest BCUT2D eigenvalue weighted by molar-refractivity contribution is 5.91. The molecule has 3 rings (SSSR count).